The molecule has 0 atom stereocenters. The number of piperazine rings is 1. The van der Waals surface area contributed by atoms with Crippen molar-refractivity contribution in [3.8, 4) is 0 Å². The topological polar surface area (TPSA) is 66.7 Å². The minimum atomic E-state index is -0.450. The number of hydrogen-bond donors (Lipinski definition) is 0. The van der Waals surface area contributed by atoms with Gasteiger partial charge < -0.3 is 9.80 Å². The summed E-state index contributed by atoms with van der Waals surface area (Å²) in [7, 11) is 0. The molecule has 0 radical (unpaired) electrons. The van der Waals surface area contributed by atoms with Gasteiger partial charge in [-0.2, -0.15) is 0 Å². The van der Waals surface area contributed by atoms with Crippen LogP contribution in [-0.4, -0.2) is 41.9 Å². The minimum absolute atomic E-state index is 0.00901. The fraction of sp³-hybridized carbons (Fsp3) is 0.211. The Kier molecular flexibility index (Phi) is 5.53. The third-order valence-corrected chi connectivity index (χ3v) is 4.50. The van der Waals surface area contributed by atoms with Crippen LogP contribution in [0.2, 0.25) is 5.02 Å². The molecule has 1 saturated heterocycles. The van der Waals surface area contributed by atoms with Crippen molar-refractivity contribution in [1.82, 2.24) is 4.90 Å². The number of amides is 1. The number of rotatable bonds is 4. The number of carbonyl (C=O) groups is 1. The maximum Gasteiger partial charge on any atom is 0.270 e. The van der Waals surface area contributed by atoms with E-state index < -0.39 is 4.92 Å². The van der Waals surface area contributed by atoms with Gasteiger partial charge in [0.1, 0.15) is 0 Å². The summed E-state index contributed by atoms with van der Waals surface area (Å²) in [5.41, 5.74) is 1.69. The Bertz CT molecular complexity index is 845. The van der Waals surface area contributed by atoms with E-state index in [4.69, 9.17) is 11.6 Å². The first-order chi connectivity index (χ1) is 12.5. The molecule has 26 heavy (non-hydrogen) atoms. The summed E-state index contributed by atoms with van der Waals surface area (Å²) in [6.45, 7) is 2.70. The molecule has 0 bridgehead atoms. The third kappa shape index (κ3) is 4.40. The highest BCUT2D eigenvalue weighted by Gasteiger charge is 2.20. The maximum absolute atomic E-state index is 12.4. The number of hydrogen-bond acceptors (Lipinski definition) is 4. The van der Waals surface area contributed by atoms with E-state index in [0.29, 0.717) is 23.7 Å². The molecule has 1 aliphatic heterocycles. The first-order valence-corrected chi connectivity index (χ1v) is 8.63. The molecule has 6 nitrogen and oxygen atoms in total. The van der Waals surface area contributed by atoms with Gasteiger partial charge in [-0.25, -0.2) is 0 Å². The van der Waals surface area contributed by atoms with E-state index in [2.05, 4.69) is 4.90 Å². The van der Waals surface area contributed by atoms with Gasteiger partial charge in [0.15, 0.2) is 0 Å². The number of nitro groups is 1. The Balaban J connectivity index is 1.58. The molecular formula is C19H18ClN3O3. The van der Waals surface area contributed by atoms with Crippen molar-refractivity contribution in [3.05, 3.63) is 75.3 Å². The number of halogens is 1. The zero-order chi connectivity index (χ0) is 18.5. The largest absolute Gasteiger partial charge is 0.368 e. The lowest BCUT2D eigenvalue weighted by Gasteiger charge is -2.35. The molecule has 1 aliphatic rings. The molecule has 7 heteroatoms. The molecule has 1 heterocycles. The number of non-ortho nitro benzene ring substituents is 1. The Morgan fingerprint density at radius 2 is 1.81 bits per heavy atom. The van der Waals surface area contributed by atoms with Crippen LogP contribution in [0.4, 0.5) is 11.4 Å². The Morgan fingerprint density at radius 1 is 1.08 bits per heavy atom. The van der Waals surface area contributed by atoms with E-state index in [0.717, 1.165) is 18.8 Å². The van der Waals surface area contributed by atoms with Crippen molar-refractivity contribution in [2.45, 2.75) is 0 Å². The molecule has 0 aromatic heterocycles. The number of carbonyl (C=O) groups excluding carboxylic acids is 1. The van der Waals surface area contributed by atoms with E-state index in [1.807, 2.05) is 24.3 Å². The molecule has 0 spiro atoms. The van der Waals surface area contributed by atoms with Crippen LogP contribution in [0.25, 0.3) is 6.08 Å². The summed E-state index contributed by atoms with van der Waals surface area (Å²) < 4.78 is 0. The first kappa shape index (κ1) is 17.9. The van der Waals surface area contributed by atoms with E-state index in [1.165, 1.54) is 18.2 Å². The first-order valence-electron chi connectivity index (χ1n) is 8.25. The number of anilines is 1. The van der Waals surface area contributed by atoms with Gasteiger partial charge in [0, 0.05) is 55.1 Å². The van der Waals surface area contributed by atoms with Crippen molar-refractivity contribution >= 4 is 35.0 Å². The van der Waals surface area contributed by atoms with Crippen LogP contribution in [-0.2, 0) is 4.79 Å². The molecule has 0 N–H and O–H groups in total. The fourth-order valence-electron chi connectivity index (χ4n) is 2.87. The fourth-order valence-corrected chi connectivity index (χ4v) is 3.06. The molecule has 2 aromatic rings. The SMILES string of the molecule is O=C(/C=C\c1cccc([N+](=O)[O-])c1)N1CCN(c2cccc(Cl)c2)CC1. The van der Waals surface area contributed by atoms with Gasteiger partial charge in [-0.15, -0.1) is 0 Å². The van der Waals surface area contributed by atoms with Gasteiger partial charge in [-0.05, 0) is 29.8 Å². The highest BCUT2D eigenvalue weighted by atomic mass is 35.5. The average molecular weight is 372 g/mol. The molecule has 0 aliphatic carbocycles. The summed E-state index contributed by atoms with van der Waals surface area (Å²) in [6.07, 6.45) is 3.08. The number of benzene rings is 2. The third-order valence-electron chi connectivity index (χ3n) is 4.26. The molecule has 3 rings (SSSR count). The Morgan fingerprint density at radius 3 is 2.50 bits per heavy atom. The normalized spacial score (nSPS) is 14.7. The van der Waals surface area contributed by atoms with Crippen LogP contribution in [0.5, 0.6) is 0 Å². The average Bonchev–Trinajstić information content (AvgIpc) is 2.66. The van der Waals surface area contributed by atoms with Crippen molar-refractivity contribution in [2.24, 2.45) is 0 Å². The molecule has 1 fully saturated rings. The van der Waals surface area contributed by atoms with Gasteiger partial charge >= 0.3 is 0 Å². The van der Waals surface area contributed by atoms with Crippen molar-refractivity contribution in [1.29, 1.82) is 0 Å². The summed E-state index contributed by atoms with van der Waals surface area (Å²) >= 11 is 6.03. The van der Waals surface area contributed by atoms with Crippen LogP contribution in [0.1, 0.15) is 5.56 Å². The summed E-state index contributed by atoms with van der Waals surface area (Å²) in [6, 6.07) is 13.9. The van der Waals surface area contributed by atoms with E-state index in [-0.39, 0.29) is 11.6 Å². The predicted molar refractivity (Wildman–Crippen MR) is 102 cm³/mol. The smallest absolute Gasteiger partial charge is 0.270 e. The van der Waals surface area contributed by atoms with Crippen molar-refractivity contribution in [3.63, 3.8) is 0 Å². The zero-order valence-electron chi connectivity index (χ0n) is 14.0. The van der Waals surface area contributed by atoms with Gasteiger partial charge in [-0.1, -0.05) is 29.8 Å². The van der Waals surface area contributed by atoms with Gasteiger partial charge in [-0.3, -0.25) is 14.9 Å². The quantitative estimate of drug-likeness (QED) is 0.468. The molecular weight excluding hydrogens is 354 g/mol. The standard InChI is InChI=1S/C19H18ClN3O3/c20-16-4-2-5-17(14-16)21-9-11-22(12-10-21)19(24)8-7-15-3-1-6-18(13-15)23(25)26/h1-8,13-14H,9-12H2/b8-7-. The Hall–Kier alpha value is -2.86. The van der Waals surface area contributed by atoms with Crippen LogP contribution < -0.4 is 4.90 Å². The molecule has 0 unspecified atom stereocenters. The lowest BCUT2D eigenvalue weighted by molar-refractivity contribution is -0.384. The van der Waals surface area contributed by atoms with Crippen LogP contribution in [0.3, 0.4) is 0 Å². The second-order valence-electron chi connectivity index (χ2n) is 5.98. The second-order valence-corrected chi connectivity index (χ2v) is 6.41. The van der Waals surface area contributed by atoms with E-state index >= 15 is 0 Å². The lowest BCUT2D eigenvalue weighted by atomic mass is 10.2. The van der Waals surface area contributed by atoms with Gasteiger partial charge in [0.05, 0.1) is 4.92 Å². The van der Waals surface area contributed by atoms with Gasteiger partial charge in [0.25, 0.3) is 5.69 Å². The number of nitro benzene ring substituents is 1. The van der Waals surface area contributed by atoms with Crippen LogP contribution in [0, 0.1) is 10.1 Å². The van der Waals surface area contributed by atoms with Crippen LogP contribution >= 0.6 is 11.6 Å². The monoisotopic (exact) mass is 371 g/mol. The summed E-state index contributed by atoms with van der Waals surface area (Å²) in [4.78, 5) is 26.7. The number of nitrogens with zero attached hydrogens (tertiary/aromatic N) is 3. The van der Waals surface area contributed by atoms with Crippen molar-refractivity contribution in [2.75, 3.05) is 31.1 Å². The van der Waals surface area contributed by atoms with E-state index in [1.54, 1.807) is 23.1 Å². The molecule has 134 valence electrons. The van der Waals surface area contributed by atoms with Crippen molar-refractivity contribution < 1.29 is 9.72 Å². The molecule has 0 saturated carbocycles. The zero-order valence-corrected chi connectivity index (χ0v) is 14.8. The lowest BCUT2D eigenvalue weighted by Crippen LogP contribution is -2.48. The predicted octanol–water partition coefficient (Wildman–Crippen LogP) is 3.61. The highest BCUT2D eigenvalue weighted by molar-refractivity contribution is 6.30. The second kappa shape index (κ2) is 8.01. The van der Waals surface area contributed by atoms with Gasteiger partial charge in [0.2, 0.25) is 5.91 Å². The summed E-state index contributed by atoms with van der Waals surface area (Å²) in [5, 5.41) is 11.5. The van der Waals surface area contributed by atoms with Crippen LogP contribution in [0.15, 0.2) is 54.6 Å². The van der Waals surface area contributed by atoms with E-state index in [9.17, 15) is 14.9 Å². The maximum atomic E-state index is 12.4. The Labute approximate surface area is 156 Å². The molecule has 1 amide bonds. The minimum Gasteiger partial charge on any atom is -0.368 e. The molecule has 2 aromatic carbocycles. The summed E-state index contributed by atoms with van der Waals surface area (Å²) in [5.74, 6) is -0.0951. The highest BCUT2D eigenvalue weighted by Crippen LogP contribution is 2.21.